The number of halogens is 2. The highest BCUT2D eigenvalue weighted by Gasteiger charge is 2.39. The van der Waals surface area contributed by atoms with E-state index in [1.165, 1.54) is 16.4 Å². The number of nitrogen functional groups attached to an aromatic ring is 1. The van der Waals surface area contributed by atoms with Gasteiger partial charge in [-0.3, -0.25) is 0 Å². The largest absolute Gasteiger partial charge is 0.396 e. The van der Waals surface area contributed by atoms with Gasteiger partial charge >= 0.3 is 0 Å². The Balaban J connectivity index is 2.38. The van der Waals surface area contributed by atoms with E-state index in [-0.39, 0.29) is 32.6 Å². The molecule has 2 unspecified atom stereocenters. The monoisotopic (exact) mass is 351 g/mol. The molecule has 8 heteroatoms. The van der Waals surface area contributed by atoms with E-state index in [0.29, 0.717) is 13.1 Å². The molecule has 0 amide bonds. The molecule has 118 valence electrons. The normalized spacial score (nSPS) is 23.9. The zero-order valence-corrected chi connectivity index (χ0v) is 14.5. The summed E-state index contributed by atoms with van der Waals surface area (Å²) >= 11 is 11.9. The fraction of sp³-hybridized carbons (Fsp3) is 0.538. The van der Waals surface area contributed by atoms with Gasteiger partial charge in [0.25, 0.3) is 0 Å². The first-order valence-electron chi connectivity index (χ1n) is 6.56. The van der Waals surface area contributed by atoms with Crippen LogP contribution < -0.4 is 5.73 Å². The molecule has 2 rings (SSSR count). The van der Waals surface area contributed by atoms with E-state index in [1.807, 2.05) is 25.9 Å². The van der Waals surface area contributed by atoms with Crippen molar-refractivity contribution in [1.82, 2.24) is 9.21 Å². The van der Waals surface area contributed by atoms with Gasteiger partial charge in [0.05, 0.1) is 15.7 Å². The van der Waals surface area contributed by atoms with Crippen LogP contribution in [0.4, 0.5) is 5.69 Å². The van der Waals surface area contributed by atoms with Gasteiger partial charge in [0.2, 0.25) is 10.0 Å². The number of likely N-dealkylation sites (N-methyl/N-ethyl adjacent to an activating group) is 1. The fourth-order valence-corrected chi connectivity index (χ4v) is 4.96. The summed E-state index contributed by atoms with van der Waals surface area (Å²) in [6, 6.07) is 3.05. The van der Waals surface area contributed by atoms with Crippen LogP contribution in [-0.2, 0) is 10.0 Å². The third-order valence-corrected chi connectivity index (χ3v) is 6.63. The Morgan fingerprint density at radius 1 is 1.29 bits per heavy atom. The van der Waals surface area contributed by atoms with E-state index < -0.39 is 10.0 Å². The Kier molecular flexibility index (Phi) is 4.75. The molecule has 5 nitrogen and oxygen atoms in total. The second-order valence-corrected chi connectivity index (χ2v) is 8.29. The van der Waals surface area contributed by atoms with Gasteiger partial charge in [0, 0.05) is 19.1 Å². The standard InChI is InChI=1S/C13H19Cl2N3O2S/c1-8-6-18(7-10(8)17(2)3)21(19,20)11-5-4-9(14)13(16)12(11)15/h4-5,8,10H,6-7,16H2,1-3H3. The van der Waals surface area contributed by atoms with Crippen LogP contribution in [0, 0.1) is 5.92 Å². The molecule has 2 atom stereocenters. The van der Waals surface area contributed by atoms with Crippen molar-refractivity contribution < 1.29 is 8.42 Å². The summed E-state index contributed by atoms with van der Waals surface area (Å²) in [7, 11) is 0.226. The summed E-state index contributed by atoms with van der Waals surface area (Å²) in [4.78, 5) is 2.05. The lowest BCUT2D eigenvalue weighted by Crippen LogP contribution is -2.35. The first-order chi connectivity index (χ1) is 9.66. The summed E-state index contributed by atoms with van der Waals surface area (Å²) in [6.07, 6.45) is 0. The number of sulfonamides is 1. The van der Waals surface area contributed by atoms with Crippen molar-refractivity contribution in [3.8, 4) is 0 Å². The topological polar surface area (TPSA) is 66.6 Å². The number of nitrogens with two attached hydrogens (primary N) is 1. The number of anilines is 1. The third-order valence-electron chi connectivity index (χ3n) is 3.91. The van der Waals surface area contributed by atoms with Gasteiger partial charge < -0.3 is 10.6 Å². The predicted octanol–water partition coefficient (Wildman–Crippen LogP) is 2.15. The second-order valence-electron chi connectivity index (χ2n) is 5.60. The maximum Gasteiger partial charge on any atom is 0.244 e. The average Bonchev–Trinajstić information content (AvgIpc) is 2.78. The van der Waals surface area contributed by atoms with Crippen molar-refractivity contribution in [1.29, 1.82) is 0 Å². The molecule has 1 heterocycles. The third kappa shape index (κ3) is 3.00. The number of hydrogen-bond donors (Lipinski definition) is 1. The molecular weight excluding hydrogens is 333 g/mol. The van der Waals surface area contributed by atoms with Crippen molar-refractivity contribution in [3.63, 3.8) is 0 Å². The summed E-state index contributed by atoms with van der Waals surface area (Å²) in [5.74, 6) is 0.248. The summed E-state index contributed by atoms with van der Waals surface area (Å²) < 4.78 is 27.0. The lowest BCUT2D eigenvalue weighted by Gasteiger charge is -2.22. The van der Waals surface area contributed by atoms with Crippen molar-refractivity contribution in [2.24, 2.45) is 5.92 Å². The SMILES string of the molecule is CC1CN(S(=O)(=O)c2ccc(Cl)c(N)c2Cl)CC1N(C)C. The van der Waals surface area contributed by atoms with E-state index >= 15 is 0 Å². The maximum atomic E-state index is 12.8. The molecule has 21 heavy (non-hydrogen) atoms. The molecule has 0 radical (unpaired) electrons. The highest BCUT2D eigenvalue weighted by Crippen LogP contribution is 2.36. The van der Waals surface area contributed by atoms with Crippen molar-refractivity contribution in [3.05, 3.63) is 22.2 Å². The zero-order chi connectivity index (χ0) is 15.9. The molecule has 0 saturated carbocycles. The van der Waals surface area contributed by atoms with Crippen molar-refractivity contribution in [2.45, 2.75) is 17.9 Å². The number of benzene rings is 1. The highest BCUT2D eigenvalue weighted by atomic mass is 35.5. The number of nitrogens with zero attached hydrogens (tertiary/aromatic N) is 2. The molecule has 0 aromatic heterocycles. The van der Waals surface area contributed by atoms with Crippen LogP contribution in [-0.4, -0.2) is 50.8 Å². The zero-order valence-electron chi connectivity index (χ0n) is 12.2. The molecule has 0 bridgehead atoms. The lowest BCUT2D eigenvalue weighted by molar-refractivity contribution is 0.263. The Hall–Kier alpha value is -0.530. The van der Waals surface area contributed by atoms with E-state index in [4.69, 9.17) is 28.9 Å². The first-order valence-corrected chi connectivity index (χ1v) is 8.76. The van der Waals surface area contributed by atoms with Gasteiger partial charge in [-0.1, -0.05) is 30.1 Å². The number of rotatable bonds is 3. The minimum absolute atomic E-state index is 0.0107. The first kappa shape index (κ1) is 16.8. The molecular formula is C13H19Cl2N3O2S. The average molecular weight is 352 g/mol. The molecule has 2 N–H and O–H groups in total. The van der Waals surface area contributed by atoms with Gasteiger partial charge in [0.15, 0.2) is 0 Å². The van der Waals surface area contributed by atoms with E-state index in [2.05, 4.69) is 0 Å². The van der Waals surface area contributed by atoms with E-state index in [9.17, 15) is 8.42 Å². The van der Waals surface area contributed by atoms with Crippen LogP contribution in [0.1, 0.15) is 6.92 Å². The van der Waals surface area contributed by atoms with Gasteiger partial charge in [-0.05, 0) is 32.1 Å². The Labute approximate surface area is 135 Å². The highest BCUT2D eigenvalue weighted by molar-refractivity contribution is 7.89. The molecule has 1 aliphatic heterocycles. The molecule has 1 fully saturated rings. The van der Waals surface area contributed by atoms with E-state index in [1.54, 1.807) is 0 Å². The number of hydrogen-bond acceptors (Lipinski definition) is 4. The van der Waals surface area contributed by atoms with Crippen LogP contribution in [0.15, 0.2) is 17.0 Å². The smallest absolute Gasteiger partial charge is 0.244 e. The van der Waals surface area contributed by atoms with E-state index in [0.717, 1.165) is 0 Å². The van der Waals surface area contributed by atoms with Gasteiger partial charge in [0.1, 0.15) is 4.90 Å². The minimum Gasteiger partial charge on any atom is -0.396 e. The maximum absolute atomic E-state index is 12.8. The lowest BCUT2D eigenvalue weighted by atomic mass is 10.1. The quantitative estimate of drug-likeness (QED) is 0.847. The van der Waals surface area contributed by atoms with Crippen LogP contribution in [0.3, 0.4) is 0 Å². The Morgan fingerprint density at radius 3 is 2.43 bits per heavy atom. The Bertz CT molecular complexity index is 649. The second kappa shape index (κ2) is 5.93. The molecule has 1 aliphatic rings. The minimum atomic E-state index is -3.67. The molecule has 1 aromatic rings. The predicted molar refractivity (Wildman–Crippen MR) is 86.3 cm³/mol. The van der Waals surface area contributed by atoms with Crippen LogP contribution >= 0.6 is 23.2 Å². The van der Waals surface area contributed by atoms with Gasteiger partial charge in [-0.15, -0.1) is 0 Å². The summed E-state index contributed by atoms with van der Waals surface area (Å²) in [5.41, 5.74) is 5.82. The molecule has 0 spiro atoms. The Morgan fingerprint density at radius 2 is 1.90 bits per heavy atom. The molecule has 0 aliphatic carbocycles. The van der Waals surface area contributed by atoms with Crippen molar-refractivity contribution >= 4 is 38.9 Å². The van der Waals surface area contributed by atoms with Crippen LogP contribution in [0.5, 0.6) is 0 Å². The van der Waals surface area contributed by atoms with Crippen LogP contribution in [0.2, 0.25) is 10.0 Å². The molecule has 1 saturated heterocycles. The van der Waals surface area contributed by atoms with Crippen molar-refractivity contribution in [2.75, 3.05) is 32.9 Å². The summed E-state index contributed by atoms with van der Waals surface area (Å²) in [5, 5.41) is 0.239. The van der Waals surface area contributed by atoms with Gasteiger partial charge in [-0.2, -0.15) is 4.31 Å². The summed E-state index contributed by atoms with van der Waals surface area (Å²) in [6.45, 7) is 2.94. The van der Waals surface area contributed by atoms with Gasteiger partial charge in [-0.25, -0.2) is 8.42 Å². The fourth-order valence-electron chi connectivity index (χ4n) is 2.66. The van der Waals surface area contributed by atoms with Crippen LogP contribution in [0.25, 0.3) is 0 Å². The molecule has 1 aromatic carbocycles.